The second-order valence-corrected chi connectivity index (χ2v) is 5.64. The van der Waals surface area contributed by atoms with Crippen LogP contribution in [0.2, 0.25) is 0 Å². The maximum Gasteiger partial charge on any atom is 0.151 e. The third-order valence-electron chi connectivity index (χ3n) is 4.06. The molecule has 0 saturated carbocycles. The van der Waals surface area contributed by atoms with E-state index in [0.717, 1.165) is 23.6 Å². The fourth-order valence-corrected chi connectivity index (χ4v) is 3.02. The van der Waals surface area contributed by atoms with E-state index in [0.29, 0.717) is 0 Å². The molecule has 22 heavy (non-hydrogen) atoms. The minimum absolute atomic E-state index is 0.206. The van der Waals surface area contributed by atoms with Crippen molar-refractivity contribution < 1.29 is 0 Å². The van der Waals surface area contributed by atoms with Gasteiger partial charge in [-0.1, -0.05) is 60.7 Å². The molecule has 0 radical (unpaired) electrons. The normalized spacial score (nSPS) is 17.0. The quantitative estimate of drug-likeness (QED) is 0.691. The second kappa shape index (κ2) is 5.26. The van der Waals surface area contributed by atoms with Crippen molar-refractivity contribution in [2.24, 2.45) is 4.99 Å². The number of fused-ring (bicyclic) bond motifs is 1. The van der Waals surface area contributed by atoms with Crippen LogP contribution in [0.3, 0.4) is 0 Å². The van der Waals surface area contributed by atoms with Gasteiger partial charge in [0.1, 0.15) is 0 Å². The van der Waals surface area contributed by atoms with Gasteiger partial charge >= 0.3 is 0 Å². The Morgan fingerprint density at radius 3 is 2.36 bits per heavy atom. The van der Waals surface area contributed by atoms with Crippen molar-refractivity contribution in [3.05, 3.63) is 83.6 Å². The molecule has 1 aliphatic rings. The van der Waals surface area contributed by atoms with E-state index in [1.807, 2.05) is 19.1 Å². The van der Waals surface area contributed by atoms with Crippen molar-refractivity contribution in [2.75, 3.05) is 0 Å². The summed E-state index contributed by atoms with van der Waals surface area (Å²) in [5, 5.41) is 4.65. The first-order valence-corrected chi connectivity index (χ1v) is 7.55. The standard InChI is InChI=1S/C19H17N3/c1-14-12-19-20-17(15-8-4-2-5-9-15)13-18(22(19)21-14)16-10-6-3-7-11-16/h2-12,18H,13H2,1H3. The zero-order valence-corrected chi connectivity index (χ0v) is 12.5. The summed E-state index contributed by atoms with van der Waals surface area (Å²) in [6.07, 6.45) is 0.863. The first-order chi connectivity index (χ1) is 10.8. The summed E-state index contributed by atoms with van der Waals surface area (Å²) >= 11 is 0. The highest BCUT2D eigenvalue weighted by molar-refractivity contribution is 6.03. The molecule has 3 nitrogen and oxygen atoms in total. The predicted octanol–water partition coefficient (Wildman–Crippen LogP) is 4.31. The highest BCUT2D eigenvalue weighted by Crippen LogP contribution is 2.33. The number of aryl methyl sites for hydroxylation is 1. The molecule has 1 atom stereocenters. The van der Waals surface area contributed by atoms with Crippen LogP contribution in [-0.4, -0.2) is 15.5 Å². The van der Waals surface area contributed by atoms with Gasteiger partial charge in [0.05, 0.1) is 17.4 Å². The van der Waals surface area contributed by atoms with E-state index in [9.17, 15) is 0 Å². The lowest BCUT2D eigenvalue weighted by Crippen LogP contribution is -2.21. The molecule has 0 saturated heterocycles. The summed E-state index contributed by atoms with van der Waals surface area (Å²) in [5.74, 6) is 0.941. The van der Waals surface area contributed by atoms with Gasteiger partial charge in [-0.05, 0) is 18.1 Å². The molecule has 1 aliphatic heterocycles. The van der Waals surface area contributed by atoms with Crippen molar-refractivity contribution in [2.45, 2.75) is 19.4 Å². The van der Waals surface area contributed by atoms with Crippen molar-refractivity contribution >= 4 is 11.5 Å². The van der Waals surface area contributed by atoms with Gasteiger partial charge in [-0.15, -0.1) is 0 Å². The molecular weight excluding hydrogens is 270 g/mol. The summed E-state index contributed by atoms with van der Waals surface area (Å²) < 4.78 is 2.05. The highest BCUT2D eigenvalue weighted by Gasteiger charge is 2.25. The maximum atomic E-state index is 4.83. The average molecular weight is 287 g/mol. The van der Waals surface area contributed by atoms with Crippen molar-refractivity contribution in [1.29, 1.82) is 0 Å². The summed E-state index contributed by atoms with van der Waals surface area (Å²) in [6.45, 7) is 2.02. The van der Waals surface area contributed by atoms with Crippen LogP contribution >= 0.6 is 0 Å². The molecule has 3 heteroatoms. The second-order valence-electron chi connectivity index (χ2n) is 5.64. The molecule has 1 unspecified atom stereocenters. The first kappa shape index (κ1) is 13.0. The lowest BCUT2D eigenvalue weighted by Gasteiger charge is -2.24. The van der Waals surface area contributed by atoms with E-state index in [4.69, 9.17) is 4.99 Å². The predicted molar refractivity (Wildman–Crippen MR) is 88.8 cm³/mol. The number of nitrogens with zero attached hydrogens (tertiary/aromatic N) is 3. The number of aromatic nitrogens is 2. The van der Waals surface area contributed by atoms with Crippen molar-refractivity contribution in [3.63, 3.8) is 0 Å². The van der Waals surface area contributed by atoms with Crippen LogP contribution in [-0.2, 0) is 0 Å². The van der Waals surface area contributed by atoms with E-state index in [1.165, 1.54) is 11.1 Å². The number of aliphatic imine (C=N–C) groups is 1. The number of hydrogen-bond donors (Lipinski definition) is 0. The lowest BCUT2D eigenvalue weighted by molar-refractivity contribution is 0.529. The number of benzene rings is 2. The summed E-state index contributed by atoms with van der Waals surface area (Å²) in [6, 6.07) is 23.2. The zero-order valence-electron chi connectivity index (χ0n) is 12.5. The van der Waals surface area contributed by atoms with E-state index < -0.39 is 0 Å². The first-order valence-electron chi connectivity index (χ1n) is 7.55. The summed E-state index contributed by atoms with van der Waals surface area (Å²) in [5.41, 5.74) is 4.60. The molecule has 2 aromatic carbocycles. The molecule has 4 rings (SSSR count). The van der Waals surface area contributed by atoms with Crippen LogP contribution in [0.15, 0.2) is 71.7 Å². The minimum atomic E-state index is 0.206. The van der Waals surface area contributed by atoms with Crippen LogP contribution in [0.5, 0.6) is 0 Å². The van der Waals surface area contributed by atoms with Gasteiger partial charge in [0, 0.05) is 12.5 Å². The average Bonchev–Trinajstić information content (AvgIpc) is 2.95. The molecular formula is C19H17N3. The monoisotopic (exact) mass is 287 g/mol. The van der Waals surface area contributed by atoms with Crippen LogP contribution in [0.1, 0.15) is 29.3 Å². The Balaban J connectivity index is 1.83. The van der Waals surface area contributed by atoms with Gasteiger partial charge in [0.2, 0.25) is 0 Å². The Morgan fingerprint density at radius 1 is 0.955 bits per heavy atom. The SMILES string of the molecule is Cc1cc2n(n1)C(c1ccccc1)CC(c1ccccc1)=N2. The summed E-state index contributed by atoms with van der Waals surface area (Å²) in [7, 11) is 0. The van der Waals surface area contributed by atoms with Crippen LogP contribution in [0.4, 0.5) is 5.82 Å². The van der Waals surface area contributed by atoms with E-state index >= 15 is 0 Å². The number of rotatable bonds is 2. The largest absolute Gasteiger partial charge is 0.240 e. The fourth-order valence-electron chi connectivity index (χ4n) is 3.02. The van der Waals surface area contributed by atoms with Gasteiger partial charge in [-0.25, -0.2) is 9.67 Å². The molecule has 3 aromatic rings. The van der Waals surface area contributed by atoms with E-state index in [2.05, 4.69) is 64.4 Å². The Kier molecular flexibility index (Phi) is 3.11. The fraction of sp³-hybridized carbons (Fsp3) is 0.158. The minimum Gasteiger partial charge on any atom is -0.240 e. The summed E-state index contributed by atoms with van der Waals surface area (Å²) in [4.78, 5) is 4.83. The molecule has 1 aromatic heterocycles. The Hall–Kier alpha value is -2.68. The maximum absolute atomic E-state index is 4.83. The Bertz CT molecular complexity index is 816. The van der Waals surface area contributed by atoms with Crippen LogP contribution in [0, 0.1) is 6.92 Å². The molecule has 0 aliphatic carbocycles. The van der Waals surface area contributed by atoms with Crippen molar-refractivity contribution in [1.82, 2.24) is 9.78 Å². The van der Waals surface area contributed by atoms with E-state index in [1.54, 1.807) is 0 Å². The van der Waals surface area contributed by atoms with Crippen LogP contribution in [0.25, 0.3) is 0 Å². The van der Waals surface area contributed by atoms with Gasteiger partial charge in [0.25, 0.3) is 0 Å². The van der Waals surface area contributed by atoms with Crippen LogP contribution < -0.4 is 0 Å². The van der Waals surface area contributed by atoms with Crippen molar-refractivity contribution in [3.8, 4) is 0 Å². The Morgan fingerprint density at radius 2 is 1.64 bits per heavy atom. The zero-order chi connectivity index (χ0) is 14.9. The number of hydrogen-bond acceptors (Lipinski definition) is 2. The molecule has 0 amide bonds. The lowest BCUT2D eigenvalue weighted by atomic mass is 9.96. The molecule has 108 valence electrons. The van der Waals surface area contributed by atoms with E-state index in [-0.39, 0.29) is 6.04 Å². The molecule has 0 fully saturated rings. The van der Waals surface area contributed by atoms with Gasteiger partial charge < -0.3 is 0 Å². The van der Waals surface area contributed by atoms with Gasteiger partial charge in [-0.3, -0.25) is 0 Å². The molecule has 0 bridgehead atoms. The molecule has 0 spiro atoms. The smallest absolute Gasteiger partial charge is 0.151 e. The third-order valence-corrected chi connectivity index (χ3v) is 4.06. The van der Waals surface area contributed by atoms with Gasteiger partial charge in [0.15, 0.2) is 5.82 Å². The Labute approximate surface area is 130 Å². The topological polar surface area (TPSA) is 30.2 Å². The third kappa shape index (κ3) is 2.25. The molecule has 2 heterocycles. The van der Waals surface area contributed by atoms with Gasteiger partial charge in [-0.2, -0.15) is 5.10 Å². The molecule has 0 N–H and O–H groups in total. The highest BCUT2D eigenvalue weighted by atomic mass is 15.3.